The summed E-state index contributed by atoms with van der Waals surface area (Å²) in [5.41, 5.74) is 1.38. The van der Waals surface area contributed by atoms with Gasteiger partial charge >= 0.3 is 6.18 Å². The van der Waals surface area contributed by atoms with E-state index in [1.54, 1.807) is 0 Å². The van der Waals surface area contributed by atoms with E-state index in [1.165, 1.54) is 18.2 Å². The molecule has 0 fully saturated rings. The fourth-order valence-corrected chi connectivity index (χ4v) is 1.63. The molecule has 0 saturated carbocycles. The lowest BCUT2D eigenvalue weighted by Crippen LogP contribution is -2.17. The summed E-state index contributed by atoms with van der Waals surface area (Å²) >= 11 is 0. The zero-order chi connectivity index (χ0) is 15.0. The first-order valence-corrected chi connectivity index (χ1v) is 6.43. The summed E-state index contributed by atoms with van der Waals surface area (Å²) in [6.07, 6.45) is -0.416. The second-order valence-corrected chi connectivity index (χ2v) is 4.34. The standard InChI is InChI=1S/C14H17F3N2O/c1-2-3-4-9-13(20)19-18-10-11-7-5-6-8-12(11)14(15,16)17/h5-8,10H,2-4,9H2,1H3,(H,19,20)/b18-10+. The van der Waals surface area contributed by atoms with Crippen LogP contribution in [0.15, 0.2) is 29.4 Å². The first-order valence-electron chi connectivity index (χ1n) is 6.43. The third kappa shape index (κ3) is 5.42. The van der Waals surface area contributed by atoms with Gasteiger partial charge < -0.3 is 0 Å². The van der Waals surface area contributed by atoms with E-state index in [4.69, 9.17) is 0 Å². The van der Waals surface area contributed by atoms with Gasteiger partial charge in [-0.2, -0.15) is 18.3 Å². The minimum absolute atomic E-state index is 0.0751. The van der Waals surface area contributed by atoms with Gasteiger partial charge in [0.25, 0.3) is 0 Å². The number of carbonyl (C=O) groups is 1. The molecule has 0 aliphatic heterocycles. The monoisotopic (exact) mass is 286 g/mol. The van der Waals surface area contributed by atoms with Crippen LogP contribution in [0.5, 0.6) is 0 Å². The molecule has 20 heavy (non-hydrogen) atoms. The molecule has 6 heteroatoms. The van der Waals surface area contributed by atoms with Gasteiger partial charge in [0.15, 0.2) is 0 Å². The van der Waals surface area contributed by atoms with Crippen LogP contribution in [0.1, 0.15) is 43.7 Å². The maximum absolute atomic E-state index is 12.7. The van der Waals surface area contributed by atoms with Gasteiger partial charge in [0.2, 0.25) is 5.91 Å². The number of halogens is 3. The molecular formula is C14H17F3N2O. The number of amides is 1. The average Bonchev–Trinajstić information content (AvgIpc) is 2.38. The van der Waals surface area contributed by atoms with Crippen LogP contribution in [-0.2, 0) is 11.0 Å². The molecule has 1 rings (SSSR count). The molecule has 1 N–H and O–H groups in total. The fourth-order valence-electron chi connectivity index (χ4n) is 1.63. The number of unbranched alkanes of at least 4 members (excludes halogenated alkanes) is 2. The summed E-state index contributed by atoms with van der Waals surface area (Å²) < 4.78 is 38.1. The van der Waals surface area contributed by atoms with Crippen LogP contribution in [0, 0.1) is 0 Å². The molecule has 0 atom stereocenters. The minimum atomic E-state index is -4.44. The van der Waals surface area contributed by atoms with E-state index in [1.807, 2.05) is 6.92 Å². The number of hydrazone groups is 1. The molecule has 0 aliphatic rings. The molecule has 0 unspecified atom stereocenters. The summed E-state index contributed by atoms with van der Waals surface area (Å²) in [5.74, 6) is -0.292. The zero-order valence-corrected chi connectivity index (χ0v) is 11.2. The highest BCUT2D eigenvalue weighted by Gasteiger charge is 2.32. The van der Waals surface area contributed by atoms with E-state index in [0.717, 1.165) is 31.5 Å². The fraction of sp³-hybridized carbons (Fsp3) is 0.429. The third-order valence-corrected chi connectivity index (χ3v) is 2.67. The van der Waals surface area contributed by atoms with E-state index >= 15 is 0 Å². The van der Waals surface area contributed by atoms with Crippen molar-refractivity contribution in [1.29, 1.82) is 0 Å². The highest BCUT2D eigenvalue weighted by molar-refractivity contribution is 5.84. The molecule has 0 spiro atoms. The van der Waals surface area contributed by atoms with Gasteiger partial charge in [-0.3, -0.25) is 4.79 Å². The predicted octanol–water partition coefficient (Wildman–Crippen LogP) is 3.74. The number of carbonyl (C=O) groups excluding carboxylic acids is 1. The van der Waals surface area contributed by atoms with Crippen LogP contribution in [0.2, 0.25) is 0 Å². The molecule has 0 saturated heterocycles. The highest BCUT2D eigenvalue weighted by atomic mass is 19.4. The van der Waals surface area contributed by atoms with Crippen molar-refractivity contribution in [3.8, 4) is 0 Å². The average molecular weight is 286 g/mol. The SMILES string of the molecule is CCCCCC(=O)N/N=C/c1ccccc1C(F)(F)F. The topological polar surface area (TPSA) is 41.5 Å². The van der Waals surface area contributed by atoms with E-state index in [0.29, 0.717) is 6.42 Å². The lowest BCUT2D eigenvalue weighted by atomic mass is 10.1. The second kappa shape index (κ2) is 7.67. The maximum Gasteiger partial charge on any atom is 0.417 e. The highest BCUT2D eigenvalue weighted by Crippen LogP contribution is 2.30. The van der Waals surface area contributed by atoms with Gasteiger partial charge in [-0.1, -0.05) is 38.0 Å². The van der Waals surface area contributed by atoms with Crippen molar-refractivity contribution in [2.45, 2.75) is 38.8 Å². The molecule has 0 heterocycles. The predicted molar refractivity (Wildman–Crippen MR) is 71.3 cm³/mol. The van der Waals surface area contributed by atoms with Crippen molar-refractivity contribution in [2.24, 2.45) is 5.10 Å². The molecule has 0 bridgehead atoms. The number of hydrogen-bond donors (Lipinski definition) is 1. The van der Waals surface area contributed by atoms with Crippen LogP contribution in [0.4, 0.5) is 13.2 Å². The smallest absolute Gasteiger partial charge is 0.273 e. The van der Waals surface area contributed by atoms with Crippen molar-refractivity contribution in [3.63, 3.8) is 0 Å². The lowest BCUT2D eigenvalue weighted by Gasteiger charge is -2.09. The number of alkyl halides is 3. The van der Waals surface area contributed by atoms with E-state index in [2.05, 4.69) is 10.5 Å². The molecule has 0 aliphatic carbocycles. The summed E-state index contributed by atoms with van der Waals surface area (Å²) in [7, 11) is 0. The van der Waals surface area contributed by atoms with Crippen molar-refractivity contribution < 1.29 is 18.0 Å². The van der Waals surface area contributed by atoms with Crippen molar-refractivity contribution in [1.82, 2.24) is 5.43 Å². The Hall–Kier alpha value is -1.85. The molecule has 1 amide bonds. The Morgan fingerprint density at radius 3 is 2.65 bits per heavy atom. The Labute approximate surface area is 115 Å². The van der Waals surface area contributed by atoms with Crippen LogP contribution in [0.3, 0.4) is 0 Å². The Kier molecular flexibility index (Phi) is 6.21. The van der Waals surface area contributed by atoms with Gasteiger partial charge in [0.1, 0.15) is 0 Å². The normalized spacial score (nSPS) is 11.8. The Morgan fingerprint density at radius 2 is 2.00 bits per heavy atom. The number of hydrogen-bond acceptors (Lipinski definition) is 2. The number of nitrogens with zero attached hydrogens (tertiary/aromatic N) is 1. The van der Waals surface area contributed by atoms with Gasteiger partial charge in [-0.25, -0.2) is 5.43 Å². The largest absolute Gasteiger partial charge is 0.417 e. The number of rotatable bonds is 6. The lowest BCUT2D eigenvalue weighted by molar-refractivity contribution is -0.137. The zero-order valence-electron chi connectivity index (χ0n) is 11.2. The minimum Gasteiger partial charge on any atom is -0.273 e. The first-order chi connectivity index (χ1) is 9.45. The molecule has 3 nitrogen and oxygen atoms in total. The molecular weight excluding hydrogens is 269 g/mol. The molecule has 1 aromatic carbocycles. The summed E-state index contributed by atoms with van der Waals surface area (Å²) in [6.45, 7) is 2.02. The Bertz CT molecular complexity index is 470. The van der Waals surface area contributed by atoms with Crippen LogP contribution < -0.4 is 5.43 Å². The molecule has 0 radical (unpaired) electrons. The molecule has 0 aromatic heterocycles. The maximum atomic E-state index is 12.7. The number of nitrogens with one attached hydrogen (secondary N) is 1. The van der Waals surface area contributed by atoms with Gasteiger partial charge in [-0.15, -0.1) is 0 Å². The quantitative estimate of drug-likeness (QED) is 0.483. The van der Waals surface area contributed by atoms with Gasteiger partial charge in [0, 0.05) is 12.0 Å². The van der Waals surface area contributed by atoms with Crippen LogP contribution in [0.25, 0.3) is 0 Å². The summed E-state index contributed by atoms with van der Waals surface area (Å²) in [4.78, 5) is 11.3. The second-order valence-electron chi connectivity index (χ2n) is 4.34. The van der Waals surface area contributed by atoms with Crippen molar-refractivity contribution >= 4 is 12.1 Å². The number of benzene rings is 1. The van der Waals surface area contributed by atoms with Crippen LogP contribution in [-0.4, -0.2) is 12.1 Å². The van der Waals surface area contributed by atoms with Crippen LogP contribution >= 0.6 is 0 Å². The Balaban J connectivity index is 2.61. The van der Waals surface area contributed by atoms with E-state index < -0.39 is 11.7 Å². The molecule has 110 valence electrons. The van der Waals surface area contributed by atoms with Gasteiger partial charge in [-0.05, 0) is 12.5 Å². The first kappa shape index (κ1) is 16.2. The van der Waals surface area contributed by atoms with E-state index in [-0.39, 0.29) is 11.5 Å². The third-order valence-electron chi connectivity index (χ3n) is 2.67. The van der Waals surface area contributed by atoms with Gasteiger partial charge in [0.05, 0.1) is 11.8 Å². The summed E-state index contributed by atoms with van der Waals surface area (Å²) in [5, 5.41) is 3.57. The Morgan fingerprint density at radius 1 is 1.30 bits per heavy atom. The van der Waals surface area contributed by atoms with Crippen molar-refractivity contribution in [2.75, 3.05) is 0 Å². The van der Waals surface area contributed by atoms with E-state index in [9.17, 15) is 18.0 Å². The molecule has 1 aromatic rings. The van der Waals surface area contributed by atoms with Crippen molar-refractivity contribution in [3.05, 3.63) is 35.4 Å². The summed E-state index contributed by atoms with van der Waals surface area (Å²) in [6, 6.07) is 5.07.